The number of halogens is 1. The van der Waals surface area contributed by atoms with Gasteiger partial charge in [0.25, 0.3) is 0 Å². The summed E-state index contributed by atoms with van der Waals surface area (Å²) in [6.07, 6.45) is 1.11. The highest BCUT2D eigenvalue weighted by atomic mass is 19.1. The van der Waals surface area contributed by atoms with Gasteiger partial charge in [0, 0.05) is 14.1 Å². The van der Waals surface area contributed by atoms with E-state index in [4.69, 9.17) is 14.2 Å². The molecule has 9 heteroatoms. The van der Waals surface area contributed by atoms with Gasteiger partial charge < -0.3 is 19.1 Å². The fourth-order valence-corrected chi connectivity index (χ4v) is 1.54. The third-order valence-electron chi connectivity index (χ3n) is 2.55. The molecule has 1 heterocycles. The molecule has 0 unspecified atom stereocenters. The summed E-state index contributed by atoms with van der Waals surface area (Å²) in [5.41, 5.74) is 0. The van der Waals surface area contributed by atoms with Gasteiger partial charge in [-0.2, -0.15) is 4.98 Å². The van der Waals surface area contributed by atoms with Crippen molar-refractivity contribution in [1.82, 2.24) is 14.9 Å². The third kappa shape index (κ3) is 4.63. The van der Waals surface area contributed by atoms with Gasteiger partial charge in [-0.3, -0.25) is 0 Å². The number of nitrogens with zero attached hydrogens (tertiary/aromatic N) is 4. The Morgan fingerprint density at radius 1 is 1.25 bits per heavy atom. The van der Waals surface area contributed by atoms with Crippen molar-refractivity contribution in [2.45, 2.75) is 0 Å². The summed E-state index contributed by atoms with van der Waals surface area (Å²) in [6, 6.07) is 6.13. The van der Waals surface area contributed by atoms with Gasteiger partial charge in [-0.1, -0.05) is 12.1 Å². The van der Waals surface area contributed by atoms with Crippen molar-refractivity contribution in [3.63, 3.8) is 0 Å². The zero-order chi connectivity index (χ0) is 17.5. The van der Waals surface area contributed by atoms with Crippen LogP contribution in [0.15, 0.2) is 35.5 Å². The lowest BCUT2D eigenvalue weighted by molar-refractivity contribution is 0.146. The van der Waals surface area contributed by atoms with Crippen LogP contribution in [0.5, 0.6) is 17.5 Å². The highest BCUT2D eigenvalue weighted by Crippen LogP contribution is 2.26. The van der Waals surface area contributed by atoms with E-state index in [0.29, 0.717) is 5.75 Å². The number of ether oxygens (including phenoxy) is 3. The summed E-state index contributed by atoms with van der Waals surface area (Å²) in [6.45, 7) is 0. The molecular weight excluding hydrogens is 319 g/mol. The van der Waals surface area contributed by atoms with E-state index in [2.05, 4.69) is 15.0 Å². The fourth-order valence-electron chi connectivity index (χ4n) is 1.54. The molecule has 0 saturated carbocycles. The molecule has 1 aromatic heterocycles. The fraction of sp³-hybridized carbons (Fsp3) is 0.200. The standard InChI is InChI=1S/C15H15FN4O4/c1-20(2)9-18-13-10(16)8-17-14(19-13)24-15(21)23-12-7-5-4-6-11(12)22-3/h4-9H,1-3H3/b18-9+. The second kappa shape index (κ2) is 7.86. The minimum atomic E-state index is -1.09. The molecule has 0 spiro atoms. The van der Waals surface area contributed by atoms with Crippen molar-refractivity contribution in [3.8, 4) is 17.5 Å². The maximum atomic E-state index is 13.6. The molecule has 2 aromatic rings. The van der Waals surface area contributed by atoms with Crippen LogP contribution < -0.4 is 14.2 Å². The first-order valence-electron chi connectivity index (χ1n) is 6.75. The molecule has 0 aliphatic rings. The van der Waals surface area contributed by atoms with Crippen LogP contribution in [-0.4, -0.2) is 48.6 Å². The molecule has 0 fully saturated rings. The Morgan fingerprint density at radius 3 is 2.62 bits per heavy atom. The minimum absolute atomic E-state index is 0.165. The van der Waals surface area contributed by atoms with Crippen molar-refractivity contribution in [2.24, 2.45) is 4.99 Å². The topological polar surface area (TPSA) is 86.1 Å². The van der Waals surface area contributed by atoms with Crippen molar-refractivity contribution < 1.29 is 23.4 Å². The lowest BCUT2D eigenvalue weighted by Gasteiger charge is -2.08. The van der Waals surface area contributed by atoms with E-state index in [1.54, 1.807) is 37.2 Å². The van der Waals surface area contributed by atoms with E-state index >= 15 is 0 Å². The molecule has 0 saturated heterocycles. The van der Waals surface area contributed by atoms with E-state index < -0.39 is 12.0 Å². The summed E-state index contributed by atoms with van der Waals surface area (Å²) >= 11 is 0. The Kier molecular flexibility index (Phi) is 5.61. The van der Waals surface area contributed by atoms with Gasteiger partial charge in [0.2, 0.25) is 0 Å². The molecule has 0 amide bonds. The molecule has 2 rings (SSSR count). The van der Waals surface area contributed by atoms with E-state index in [-0.39, 0.29) is 17.6 Å². The lowest BCUT2D eigenvalue weighted by atomic mass is 10.3. The second-order valence-electron chi connectivity index (χ2n) is 4.64. The maximum Gasteiger partial charge on any atom is 0.522 e. The molecule has 8 nitrogen and oxygen atoms in total. The van der Waals surface area contributed by atoms with Crippen LogP contribution in [0.1, 0.15) is 0 Å². The molecule has 126 valence electrons. The molecule has 0 N–H and O–H groups in total. The van der Waals surface area contributed by atoms with E-state index in [0.717, 1.165) is 6.20 Å². The number of hydrogen-bond acceptors (Lipinski definition) is 7. The summed E-state index contributed by atoms with van der Waals surface area (Å²) in [5, 5.41) is 0. The van der Waals surface area contributed by atoms with Crippen LogP contribution in [0.2, 0.25) is 0 Å². The number of carbonyl (C=O) groups is 1. The smallest absolute Gasteiger partial charge is 0.493 e. The van der Waals surface area contributed by atoms with Crippen molar-refractivity contribution in [3.05, 3.63) is 36.3 Å². The van der Waals surface area contributed by atoms with Gasteiger partial charge in [-0.25, -0.2) is 19.2 Å². The SMILES string of the molecule is COc1ccccc1OC(=O)Oc1ncc(F)c(/N=C/N(C)C)n1. The summed E-state index contributed by atoms with van der Waals surface area (Å²) < 4.78 is 28.4. The predicted molar refractivity (Wildman–Crippen MR) is 83.5 cm³/mol. The number of hydrogen-bond donors (Lipinski definition) is 0. The Bertz CT molecular complexity index is 752. The quantitative estimate of drug-likeness (QED) is 0.359. The zero-order valence-corrected chi connectivity index (χ0v) is 13.3. The molecule has 0 aliphatic heterocycles. The van der Waals surface area contributed by atoms with Crippen molar-refractivity contribution >= 4 is 18.3 Å². The molecule has 1 aromatic carbocycles. The van der Waals surface area contributed by atoms with Crippen LogP contribution in [0.4, 0.5) is 15.0 Å². The first-order valence-corrected chi connectivity index (χ1v) is 6.75. The number of rotatable bonds is 5. The normalized spacial score (nSPS) is 10.5. The van der Waals surface area contributed by atoms with Gasteiger partial charge in [0.1, 0.15) is 0 Å². The highest BCUT2D eigenvalue weighted by molar-refractivity contribution is 5.67. The Hall–Kier alpha value is -3.23. The average molecular weight is 334 g/mol. The van der Waals surface area contributed by atoms with E-state index in [9.17, 15) is 9.18 Å². The summed E-state index contributed by atoms with van der Waals surface area (Å²) in [7, 11) is 4.86. The van der Waals surface area contributed by atoms with Gasteiger partial charge in [0.05, 0.1) is 19.6 Å². The van der Waals surface area contributed by atoms with Gasteiger partial charge in [-0.05, 0) is 12.1 Å². The van der Waals surface area contributed by atoms with E-state index in [1.807, 2.05) is 0 Å². The number of aromatic nitrogens is 2. The van der Waals surface area contributed by atoms with Crippen molar-refractivity contribution in [2.75, 3.05) is 21.2 Å². The van der Waals surface area contributed by atoms with Crippen LogP contribution in [0, 0.1) is 5.82 Å². The molecule has 0 radical (unpaired) electrons. The number of para-hydroxylation sites is 2. The van der Waals surface area contributed by atoms with Gasteiger partial charge in [-0.15, -0.1) is 0 Å². The molecule has 24 heavy (non-hydrogen) atoms. The third-order valence-corrected chi connectivity index (χ3v) is 2.55. The monoisotopic (exact) mass is 334 g/mol. The number of methoxy groups -OCH3 is 1. The number of benzene rings is 1. The van der Waals surface area contributed by atoms with Crippen LogP contribution in [0.3, 0.4) is 0 Å². The molecule has 0 bridgehead atoms. The molecular formula is C15H15FN4O4. The summed E-state index contributed by atoms with van der Waals surface area (Å²) in [5.74, 6) is -0.499. The van der Waals surface area contributed by atoms with Crippen LogP contribution in [-0.2, 0) is 0 Å². The lowest BCUT2D eigenvalue weighted by Crippen LogP contribution is -2.16. The minimum Gasteiger partial charge on any atom is -0.493 e. The van der Waals surface area contributed by atoms with Gasteiger partial charge >= 0.3 is 12.2 Å². The number of aliphatic imine (C=N–C) groups is 1. The average Bonchev–Trinajstić information content (AvgIpc) is 2.55. The van der Waals surface area contributed by atoms with E-state index in [1.165, 1.54) is 19.5 Å². The Labute approximate surface area is 137 Å². The highest BCUT2D eigenvalue weighted by Gasteiger charge is 2.15. The Balaban J connectivity index is 2.10. The zero-order valence-electron chi connectivity index (χ0n) is 13.3. The Morgan fingerprint density at radius 2 is 1.96 bits per heavy atom. The summed E-state index contributed by atoms with van der Waals surface area (Å²) in [4.78, 5) is 24.5. The van der Waals surface area contributed by atoms with Gasteiger partial charge in [0.15, 0.2) is 23.1 Å². The molecule has 0 atom stereocenters. The largest absolute Gasteiger partial charge is 0.522 e. The maximum absolute atomic E-state index is 13.6. The molecule has 0 aliphatic carbocycles. The second-order valence-corrected chi connectivity index (χ2v) is 4.64. The first-order chi connectivity index (χ1) is 11.5. The predicted octanol–water partition coefficient (Wildman–Crippen LogP) is 2.42. The van der Waals surface area contributed by atoms with Crippen LogP contribution in [0.25, 0.3) is 0 Å². The first kappa shape index (κ1) is 17.1. The van der Waals surface area contributed by atoms with Crippen LogP contribution >= 0.6 is 0 Å². The van der Waals surface area contributed by atoms with Crippen molar-refractivity contribution in [1.29, 1.82) is 0 Å². The number of carbonyl (C=O) groups excluding carboxylic acids is 1.